The average Bonchev–Trinajstić information content (AvgIpc) is 2.52. The van der Waals surface area contributed by atoms with Gasteiger partial charge >= 0.3 is 0 Å². The van der Waals surface area contributed by atoms with E-state index in [9.17, 15) is 4.79 Å². The smallest absolute Gasteiger partial charge is 0.224 e. The van der Waals surface area contributed by atoms with Crippen molar-refractivity contribution in [2.24, 2.45) is 0 Å². The van der Waals surface area contributed by atoms with Gasteiger partial charge in [0, 0.05) is 10.9 Å². The molecule has 0 saturated carbocycles. The van der Waals surface area contributed by atoms with E-state index in [4.69, 9.17) is 9.47 Å². The predicted molar refractivity (Wildman–Crippen MR) is 88.5 cm³/mol. The Balaban J connectivity index is 2.79. The zero-order valence-electron chi connectivity index (χ0n) is 13.2. The van der Waals surface area contributed by atoms with E-state index >= 15 is 0 Å². The Morgan fingerprint density at radius 2 is 1.81 bits per heavy atom. The summed E-state index contributed by atoms with van der Waals surface area (Å²) in [5.41, 5.74) is 0.731. The third kappa shape index (κ3) is 4.63. The number of methoxy groups -OCH3 is 2. The summed E-state index contributed by atoms with van der Waals surface area (Å²) in [6.07, 6.45) is 2.12. The van der Waals surface area contributed by atoms with Gasteiger partial charge in [-0.05, 0) is 30.5 Å². The highest BCUT2D eigenvalue weighted by Gasteiger charge is 2.26. The van der Waals surface area contributed by atoms with Gasteiger partial charge in [0.15, 0.2) is 11.5 Å². The van der Waals surface area contributed by atoms with Crippen molar-refractivity contribution in [1.82, 2.24) is 5.32 Å². The molecule has 0 unspecified atom stereocenters. The van der Waals surface area contributed by atoms with Gasteiger partial charge in [0.2, 0.25) is 5.91 Å². The van der Waals surface area contributed by atoms with E-state index in [2.05, 4.69) is 35.1 Å². The van der Waals surface area contributed by atoms with E-state index in [1.807, 2.05) is 18.2 Å². The minimum absolute atomic E-state index is 0.0189. The van der Waals surface area contributed by atoms with Gasteiger partial charge in [-0.2, -0.15) is 0 Å². The molecule has 0 aromatic heterocycles. The fourth-order valence-corrected chi connectivity index (χ4v) is 3.10. The molecular weight excluding hydrogens is 334 g/mol. The van der Waals surface area contributed by atoms with E-state index in [0.717, 1.165) is 23.7 Å². The Morgan fingerprint density at radius 1 is 1.19 bits per heavy atom. The average molecular weight is 358 g/mol. The lowest BCUT2D eigenvalue weighted by atomic mass is 9.95. The molecule has 0 spiro atoms. The molecule has 0 saturated heterocycles. The second kappa shape index (κ2) is 8.27. The normalized spacial score (nSPS) is 11.1. The number of amides is 1. The Morgan fingerprint density at radius 3 is 2.29 bits per heavy atom. The quantitative estimate of drug-likeness (QED) is 0.726. The standard InChI is InChI=1S/C16H24BrNO3/c1-5-16(6-2,11-17)18-15(19)10-12-7-8-13(20-3)14(9-12)21-4/h7-9H,5-6,10-11H2,1-4H3,(H,18,19). The monoisotopic (exact) mass is 357 g/mol. The third-order valence-corrected chi connectivity index (χ3v) is 4.90. The van der Waals surface area contributed by atoms with Crippen molar-refractivity contribution >= 4 is 21.8 Å². The molecule has 1 aromatic carbocycles. The lowest BCUT2D eigenvalue weighted by Crippen LogP contribution is -2.49. The highest BCUT2D eigenvalue weighted by atomic mass is 79.9. The maximum Gasteiger partial charge on any atom is 0.224 e. The topological polar surface area (TPSA) is 47.6 Å². The van der Waals surface area contributed by atoms with Crippen LogP contribution in [0.2, 0.25) is 0 Å². The zero-order valence-corrected chi connectivity index (χ0v) is 14.7. The summed E-state index contributed by atoms with van der Waals surface area (Å²) in [4.78, 5) is 12.3. The number of alkyl halides is 1. The molecule has 0 heterocycles. The molecule has 0 aliphatic heterocycles. The van der Waals surface area contributed by atoms with Crippen LogP contribution in [0, 0.1) is 0 Å². The molecule has 21 heavy (non-hydrogen) atoms. The molecule has 0 aliphatic rings. The first-order valence-electron chi connectivity index (χ1n) is 7.12. The van der Waals surface area contributed by atoms with Crippen molar-refractivity contribution in [1.29, 1.82) is 0 Å². The van der Waals surface area contributed by atoms with Crippen molar-refractivity contribution in [3.63, 3.8) is 0 Å². The number of hydrogen-bond donors (Lipinski definition) is 1. The molecule has 1 amide bonds. The first-order valence-corrected chi connectivity index (χ1v) is 8.24. The van der Waals surface area contributed by atoms with Gasteiger partial charge in [0.1, 0.15) is 0 Å². The Bertz CT molecular complexity index is 464. The summed E-state index contributed by atoms with van der Waals surface area (Å²) in [6, 6.07) is 5.54. The molecule has 0 aliphatic carbocycles. The molecule has 1 N–H and O–H groups in total. The predicted octanol–water partition coefficient (Wildman–Crippen LogP) is 3.32. The third-order valence-electron chi connectivity index (χ3n) is 3.83. The van der Waals surface area contributed by atoms with E-state index in [1.165, 1.54) is 0 Å². The molecule has 4 nitrogen and oxygen atoms in total. The number of carbonyl (C=O) groups is 1. The number of ether oxygens (including phenoxy) is 2. The Hall–Kier alpha value is -1.23. The van der Waals surface area contributed by atoms with Crippen LogP contribution in [0.1, 0.15) is 32.3 Å². The first-order chi connectivity index (χ1) is 10.0. The summed E-state index contributed by atoms with van der Waals surface area (Å²) in [5, 5.41) is 3.89. The zero-order chi connectivity index (χ0) is 15.9. The lowest BCUT2D eigenvalue weighted by molar-refractivity contribution is -0.122. The van der Waals surface area contributed by atoms with Crippen LogP contribution in [0.5, 0.6) is 11.5 Å². The second-order valence-corrected chi connectivity index (χ2v) is 5.60. The van der Waals surface area contributed by atoms with Gasteiger partial charge in [-0.15, -0.1) is 0 Å². The maximum atomic E-state index is 12.3. The lowest BCUT2D eigenvalue weighted by Gasteiger charge is -2.31. The number of rotatable bonds is 8. The van der Waals surface area contributed by atoms with Gasteiger partial charge in [-0.3, -0.25) is 4.79 Å². The van der Waals surface area contributed by atoms with Crippen molar-refractivity contribution in [2.75, 3.05) is 19.5 Å². The summed E-state index contributed by atoms with van der Waals surface area (Å²) >= 11 is 3.50. The highest BCUT2D eigenvalue weighted by Crippen LogP contribution is 2.28. The van der Waals surface area contributed by atoms with E-state index in [1.54, 1.807) is 14.2 Å². The van der Waals surface area contributed by atoms with Gasteiger partial charge in [0.05, 0.1) is 20.6 Å². The van der Waals surface area contributed by atoms with Crippen LogP contribution in [0.4, 0.5) is 0 Å². The molecular formula is C16H24BrNO3. The molecule has 1 aromatic rings. The minimum atomic E-state index is -0.173. The van der Waals surface area contributed by atoms with Gasteiger partial charge in [-0.1, -0.05) is 35.8 Å². The van der Waals surface area contributed by atoms with E-state index < -0.39 is 0 Å². The van der Waals surface area contributed by atoms with Crippen LogP contribution in [-0.4, -0.2) is 31.0 Å². The molecule has 1 rings (SSSR count). The number of halogens is 1. The second-order valence-electron chi connectivity index (χ2n) is 5.04. The molecule has 0 radical (unpaired) electrons. The fraction of sp³-hybridized carbons (Fsp3) is 0.562. The number of benzene rings is 1. The SMILES string of the molecule is CCC(CC)(CBr)NC(=O)Cc1ccc(OC)c(OC)c1. The van der Waals surface area contributed by atoms with Crippen molar-refractivity contribution < 1.29 is 14.3 Å². The largest absolute Gasteiger partial charge is 0.493 e. The summed E-state index contributed by atoms with van der Waals surface area (Å²) in [5.74, 6) is 1.32. The maximum absolute atomic E-state index is 12.3. The summed E-state index contributed by atoms with van der Waals surface area (Å²) in [7, 11) is 3.18. The van der Waals surface area contributed by atoms with Crippen LogP contribution < -0.4 is 14.8 Å². The number of hydrogen-bond acceptors (Lipinski definition) is 3. The Kier molecular flexibility index (Phi) is 7.02. The van der Waals surface area contributed by atoms with Gasteiger partial charge in [-0.25, -0.2) is 0 Å². The summed E-state index contributed by atoms with van der Waals surface area (Å²) in [6.45, 7) is 4.17. The first kappa shape index (κ1) is 17.8. The number of nitrogens with one attached hydrogen (secondary N) is 1. The van der Waals surface area contributed by atoms with Gasteiger partial charge < -0.3 is 14.8 Å². The molecule has 118 valence electrons. The van der Waals surface area contributed by atoms with Crippen LogP contribution in [-0.2, 0) is 11.2 Å². The fourth-order valence-electron chi connectivity index (χ4n) is 2.17. The van der Waals surface area contributed by atoms with Gasteiger partial charge in [0.25, 0.3) is 0 Å². The van der Waals surface area contributed by atoms with Crippen molar-refractivity contribution in [2.45, 2.75) is 38.6 Å². The van der Waals surface area contributed by atoms with Crippen molar-refractivity contribution in [3.05, 3.63) is 23.8 Å². The minimum Gasteiger partial charge on any atom is -0.493 e. The van der Waals surface area contributed by atoms with Crippen LogP contribution in [0.3, 0.4) is 0 Å². The molecule has 0 bridgehead atoms. The molecule has 0 atom stereocenters. The van der Waals surface area contributed by atoms with Crippen molar-refractivity contribution in [3.8, 4) is 11.5 Å². The number of carbonyl (C=O) groups excluding carboxylic acids is 1. The molecule has 5 heteroatoms. The van der Waals surface area contributed by atoms with Crippen LogP contribution >= 0.6 is 15.9 Å². The van der Waals surface area contributed by atoms with Crippen LogP contribution in [0.15, 0.2) is 18.2 Å². The van der Waals surface area contributed by atoms with E-state index in [0.29, 0.717) is 17.9 Å². The summed E-state index contributed by atoms with van der Waals surface area (Å²) < 4.78 is 10.5. The highest BCUT2D eigenvalue weighted by molar-refractivity contribution is 9.09. The molecule has 0 fully saturated rings. The van der Waals surface area contributed by atoms with E-state index in [-0.39, 0.29) is 11.4 Å². The van der Waals surface area contributed by atoms with Crippen LogP contribution in [0.25, 0.3) is 0 Å². The Labute approximate surface area is 135 Å².